The minimum absolute atomic E-state index is 0.0997. The van der Waals surface area contributed by atoms with E-state index in [0.717, 1.165) is 12.0 Å². The van der Waals surface area contributed by atoms with E-state index in [-0.39, 0.29) is 23.9 Å². The first-order chi connectivity index (χ1) is 11.9. The third-order valence-corrected chi connectivity index (χ3v) is 4.09. The van der Waals surface area contributed by atoms with Crippen molar-refractivity contribution in [2.45, 2.75) is 32.3 Å². The number of hydrogen-bond acceptors (Lipinski definition) is 3. The maximum Gasteiger partial charge on any atom is 0.257 e. The predicted molar refractivity (Wildman–Crippen MR) is 93.5 cm³/mol. The molecule has 0 atom stereocenters. The Morgan fingerprint density at radius 2 is 2.04 bits per heavy atom. The van der Waals surface area contributed by atoms with Gasteiger partial charge < -0.3 is 14.8 Å². The van der Waals surface area contributed by atoms with Crippen LogP contribution in [0.4, 0.5) is 4.39 Å². The van der Waals surface area contributed by atoms with Crippen molar-refractivity contribution in [2.24, 2.45) is 0 Å². The fourth-order valence-corrected chi connectivity index (χ4v) is 2.93. The van der Waals surface area contributed by atoms with Crippen molar-refractivity contribution in [2.75, 3.05) is 13.2 Å². The molecule has 0 aromatic heterocycles. The summed E-state index contributed by atoms with van der Waals surface area (Å²) in [5.74, 6) is 0.790. The van der Waals surface area contributed by atoms with Gasteiger partial charge in [0.05, 0.1) is 0 Å². The molecule has 1 heterocycles. The Labute approximate surface area is 147 Å². The topological polar surface area (TPSA) is 47.6 Å². The van der Waals surface area contributed by atoms with Crippen molar-refractivity contribution in [1.82, 2.24) is 5.32 Å². The van der Waals surface area contributed by atoms with Gasteiger partial charge in [0.2, 0.25) is 0 Å². The van der Waals surface area contributed by atoms with Crippen LogP contribution in [0.5, 0.6) is 11.5 Å². The lowest BCUT2D eigenvalue weighted by atomic mass is 10.0. The van der Waals surface area contributed by atoms with E-state index in [1.165, 1.54) is 6.07 Å². The lowest BCUT2D eigenvalue weighted by Gasteiger charge is -2.18. The molecule has 0 aliphatic carbocycles. The van der Waals surface area contributed by atoms with Gasteiger partial charge in [0.25, 0.3) is 5.91 Å². The van der Waals surface area contributed by atoms with Crippen LogP contribution in [0.25, 0.3) is 0 Å². The van der Waals surface area contributed by atoms with E-state index in [9.17, 15) is 9.18 Å². The van der Waals surface area contributed by atoms with E-state index < -0.39 is 0 Å². The lowest BCUT2D eigenvalue weighted by Crippen LogP contribution is -2.30. The predicted octanol–water partition coefficient (Wildman–Crippen LogP) is 3.28. The summed E-state index contributed by atoms with van der Waals surface area (Å²) in [5, 5.41) is 2.74. The maximum absolute atomic E-state index is 13.5. The van der Waals surface area contributed by atoms with Crippen molar-refractivity contribution < 1.29 is 18.7 Å². The Morgan fingerprint density at radius 1 is 1.24 bits per heavy atom. The standard InChI is InChI=1S/C20H22FNO3/c1-20(2)12-15-7-5-9-17(19(15)25-20)24-13-18(23)22-11-10-14-6-3-4-8-16(14)21/h3-9H,10-13H2,1-2H3,(H,22,23). The SMILES string of the molecule is CC1(C)Cc2cccc(OCC(=O)NCCc3ccccc3F)c2O1. The molecule has 25 heavy (non-hydrogen) atoms. The third kappa shape index (κ3) is 4.29. The molecule has 0 bridgehead atoms. The van der Waals surface area contributed by atoms with Gasteiger partial charge in [0, 0.05) is 18.5 Å². The Morgan fingerprint density at radius 3 is 2.84 bits per heavy atom. The van der Waals surface area contributed by atoms with Crippen LogP contribution in [0.15, 0.2) is 42.5 Å². The van der Waals surface area contributed by atoms with E-state index in [4.69, 9.17) is 9.47 Å². The highest BCUT2D eigenvalue weighted by Crippen LogP contribution is 2.41. The zero-order valence-corrected chi connectivity index (χ0v) is 14.5. The van der Waals surface area contributed by atoms with E-state index in [0.29, 0.717) is 30.0 Å². The number of rotatable bonds is 6. The molecule has 0 radical (unpaired) electrons. The molecule has 4 nitrogen and oxygen atoms in total. The number of fused-ring (bicyclic) bond motifs is 1. The number of ether oxygens (including phenoxy) is 2. The number of para-hydroxylation sites is 1. The number of carbonyl (C=O) groups excluding carboxylic acids is 1. The van der Waals surface area contributed by atoms with Crippen LogP contribution in [0.1, 0.15) is 25.0 Å². The molecule has 0 saturated heterocycles. The minimum atomic E-state index is -0.260. The lowest BCUT2D eigenvalue weighted by molar-refractivity contribution is -0.123. The molecule has 0 fully saturated rings. The molecule has 0 spiro atoms. The maximum atomic E-state index is 13.5. The molecule has 1 amide bonds. The van der Waals surface area contributed by atoms with Gasteiger partial charge >= 0.3 is 0 Å². The van der Waals surface area contributed by atoms with E-state index in [2.05, 4.69) is 5.32 Å². The fourth-order valence-electron chi connectivity index (χ4n) is 2.93. The largest absolute Gasteiger partial charge is 0.483 e. The van der Waals surface area contributed by atoms with Gasteiger partial charge in [-0.25, -0.2) is 4.39 Å². The summed E-state index contributed by atoms with van der Waals surface area (Å²) in [4.78, 5) is 11.9. The summed E-state index contributed by atoms with van der Waals surface area (Å²) in [5.41, 5.74) is 1.41. The number of halogens is 1. The van der Waals surface area contributed by atoms with Crippen LogP contribution in [0, 0.1) is 5.82 Å². The first-order valence-electron chi connectivity index (χ1n) is 8.38. The van der Waals surface area contributed by atoms with Crippen LogP contribution in [-0.4, -0.2) is 24.7 Å². The zero-order chi connectivity index (χ0) is 17.9. The Kier molecular flexibility index (Phi) is 4.93. The van der Waals surface area contributed by atoms with Crippen LogP contribution < -0.4 is 14.8 Å². The highest BCUT2D eigenvalue weighted by atomic mass is 19.1. The molecule has 3 rings (SSSR count). The van der Waals surface area contributed by atoms with Crippen molar-refractivity contribution in [3.63, 3.8) is 0 Å². The molecule has 1 aliphatic rings. The van der Waals surface area contributed by atoms with Crippen molar-refractivity contribution in [3.05, 3.63) is 59.4 Å². The molecule has 2 aromatic rings. The van der Waals surface area contributed by atoms with Gasteiger partial charge in [-0.2, -0.15) is 0 Å². The second-order valence-electron chi connectivity index (χ2n) is 6.76. The Balaban J connectivity index is 1.49. The summed E-state index contributed by atoms with van der Waals surface area (Å²) in [6, 6.07) is 12.3. The summed E-state index contributed by atoms with van der Waals surface area (Å²) >= 11 is 0. The van der Waals surface area contributed by atoms with Gasteiger partial charge in [-0.1, -0.05) is 30.3 Å². The summed E-state index contributed by atoms with van der Waals surface area (Å²) in [7, 11) is 0. The third-order valence-electron chi connectivity index (χ3n) is 4.09. The molecule has 5 heteroatoms. The molecule has 132 valence electrons. The van der Waals surface area contributed by atoms with Crippen molar-refractivity contribution >= 4 is 5.91 Å². The zero-order valence-electron chi connectivity index (χ0n) is 14.5. The minimum Gasteiger partial charge on any atom is -0.483 e. The van der Waals surface area contributed by atoms with Crippen LogP contribution >= 0.6 is 0 Å². The monoisotopic (exact) mass is 343 g/mol. The quantitative estimate of drug-likeness (QED) is 0.876. The van der Waals surface area contributed by atoms with Crippen LogP contribution in [-0.2, 0) is 17.6 Å². The Bertz CT molecular complexity index is 773. The van der Waals surface area contributed by atoms with Crippen molar-refractivity contribution in [3.8, 4) is 11.5 Å². The smallest absolute Gasteiger partial charge is 0.257 e. The Hall–Kier alpha value is -2.56. The number of benzene rings is 2. The van der Waals surface area contributed by atoms with Gasteiger partial charge in [0.15, 0.2) is 18.1 Å². The van der Waals surface area contributed by atoms with Crippen LogP contribution in [0.2, 0.25) is 0 Å². The first-order valence-corrected chi connectivity index (χ1v) is 8.38. The second kappa shape index (κ2) is 7.13. The molecule has 1 N–H and O–H groups in total. The van der Waals surface area contributed by atoms with Gasteiger partial charge in [-0.15, -0.1) is 0 Å². The van der Waals surface area contributed by atoms with Crippen LogP contribution in [0.3, 0.4) is 0 Å². The van der Waals surface area contributed by atoms with E-state index in [1.807, 2.05) is 26.0 Å². The van der Waals surface area contributed by atoms with Crippen molar-refractivity contribution in [1.29, 1.82) is 0 Å². The summed E-state index contributed by atoms with van der Waals surface area (Å²) in [6.45, 7) is 4.30. The second-order valence-corrected chi connectivity index (χ2v) is 6.76. The molecular formula is C20H22FNO3. The molecule has 1 aliphatic heterocycles. The van der Waals surface area contributed by atoms with Gasteiger partial charge in [-0.3, -0.25) is 4.79 Å². The number of amides is 1. The number of carbonyl (C=O) groups is 1. The fraction of sp³-hybridized carbons (Fsp3) is 0.350. The first kappa shape index (κ1) is 17.3. The molecule has 0 saturated carbocycles. The highest BCUT2D eigenvalue weighted by Gasteiger charge is 2.32. The van der Waals surface area contributed by atoms with E-state index in [1.54, 1.807) is 24.3 Å². The normalized spacial score (nSPS) is 14.5. The number of nitrogens with one attached hydrogen (secondary N) is 1. The molecule has 2 aromatic carbocycles. The van der Waals surface area contributed by atoms with E-state index >= 15 is 0 Å². The average Bonchev–Trinajstić information content (AvgIpc) is 2.89. The highest BCUT2D eigenvalue weighted by molar-refractivity contribution is 5.77. The van der Waals surface area contributed by atoms with Gasteiger partial charge in [-0.05, 0) is 38.0 Å². The molecule has 0 unspecified atom stereocenters. The summed E-state index contributed by atoms with van der Waals surface area (Å²) < 4.78 is 25.1. The summed E-state index contributed by atoms with van der Waals surface area (Å²) in [6.07, 6.45) is 1.25. The van der Waals surface area contributed by atoms with Gasteiger partial charge in [0.1, 0.15) is 11.4 Å². The number of hydrogen-bond donors (Lipinski definition) is 1. The average molecular weight is 343 g/mol. The molecular weight excluding hydrogens is 321 g/mol.